The molecule has 8 atom stereocenters. The Morgan fingerprint density at radius 1 is 0.678 bits per heavy atom. The zero-order chi connectivity index (χ0) is 41.3. The lowest BCUT2D eigenvalue weighted by Gasteiger charge is -2.31. The second-order valence-electron chi connectivity index (χ2n) is 17.1. The van der Waals surface area contributed by atoms with E-state index in [0.717, 1.165) is 59.2 Å². The molecule has 2 aromatic heterocycles. The van der Waals surface area contributed by atoms with Gasteiger partial charge in [0.25, 0.3) is 0 Å². The van der Waals surface area contributed by atoms with Crippen LogP contribution in [0.2, 0.25) is 0 Å². The molecule has 59 heavy (non-hydrogen) atoms. The summed E-state index contributed by atoms with van der Waals surface area (Å²) in [7, 11) is 2.59. The fourth-order valence-electron chi connectivity index (χ4n) is 9.23. The van der Waals surface area contributed by atoms with Crippen LogP contribution in [0.15, 0.2) is 60.7 Å². The number of amides is 4. The molecule has 15 nitrogen and oxygen atoms in total. The summed E-state index contributed by atoms with van der Waals surface area (Å²) in [5.74, 6) is 3.06. The van der Waals surface area contributed by atoms with Crippen molar-refractivity contribution < 1.29 is 33.4 Å². The van der Waals surface area contributed by atoms with Crippen LogP contribution in [0, 0.1) is 23.7 Å². The van der Waals surface area contributed by atoms with Gasteiger partial charge in [-0.3, -0.25) is 9.59 Å². The van der Waals surface area contributed by atoms with Crippen molar-refractivity contribution in [3.63, 3.8) is 0 Å². The van der Waals surface area contributed by atoms with E-state index < -0.39 is 24.3 Å². The Balaban J connectivity index is 0.909. The lowest BCUT2D eigenvalue weighted by atomic mass is 10.0. The number of nitrogens with one attached hydrogen (secondary N) is 4. The Hall–Kier alpha value is -6.12. The molecule has 308 valence electrons. The lowest BCUT2D eigenvalue weighted by Crippen LogP contribution is -2.52. The van der Waals surface area contributed by atoms with Gasteiger partial charge in [0.1, 0.15) is 35.0 Å². The van der Waals surface area contributed by atoms with Crippen LogP contribution in [-0.4, -0.2) is 92.1 Å². The second-order valence-corrected chi connectivity index (χ2v) is 17.1. The first kappa shape index (κ1) is 38.4. The van der Waals surface area contributed by atoms with E-state index in [1.54, 1.807) is 0 Å². The van der Waals surface area contributed by atoms with E-state index in [0.29, 0.717) is 34.7 Å². The predicted molar refractivity (Wildman–Crippen MR) is 218 cm³/mol. The van der Waals surface area contributed by atoms with Crippen molar-refractivity contribution in [2.75, 3.05) is 14.2 Å². The number of aromatic nitrogens is 4. The molecule has 2 unspecified atom stereocenters. The highest BCUT2D eigenvalue weighted by Crippen LogP contribution is 2.55. The number of H-pyrrole nitrogens is 2. The number of imidazole rings is 2. The fraction of sp³-hybridized carbons (Fsp3) is 0.455. The molecule has 0 radical (unpaired) electrons. The average Bonchev–Trinajstić information content (AvgIpc) is 3.88. The Bertz CT molecular complexity index is 2440. The summed E-state index contributed by atoms with van der Waals surface area (Å²) in [5, 5.41) is 5.48. The zero-order valence-electron chi connectivity index (χ0n) is 34.0. The Kier molecular flexibility index (Phi) is 9.71. The highest BCUT2D eigenvalue weighted by molar-refractivity contribution is 5.89. The summed E-state index contributed by atoms with van der Waals surface area (Å²) >= 11 is 0. The Labute approximate surface area is 341 Å². The van der Waals surface area contributed by atoms with Gasteiger partial charge in [0.2, 0.25) is 11.8 Å². The van der Waals surface area contributed by atoms with E-state index >= 15 is 0 Å². The summed E-state index contributed by atoms with van der Waals surface area (Å²) in [5.41, 5.74) is 5.16. The van der Waals surface area contributed by atoms with Crippen LogP contribution in [0.3, 0.4) is 0 Å². The molecule has 4 N–H and O–H groups in total. The number of hydrogen-bond donors (Lipinski definition) is 4. The third-order valence-corrected chi connectivity index (χ3v) is 12.5. The summed E-state index contributed by atoms with van der Waals surface area (Å²) in [4.78, 5) is 72.7. The quantitative estimate of drug-likeness (QED) is 0.109. The molecule has 2 aliphatic carbocycles. The largest absolute Gasteiger partial charge is 0.455 e. The third-order valence-electron chi connectivity index (χ3n) is 12.5. The minimum Gasteiger partial charge on any atom is -0.455 e. The van der Waals surface area contributed by atoms with Gasteiger partial charge in [0.05, 0.1) is 42.9 Å². The van der Waals surface area contributed by atoms with Crippen molar-refractivity contribution in [2.24, 2.45) is 23.7 Å². The first-order valence-corrected chi connectivity index (χ1v) is 20.5. The molecule has 2 aliphatic heterocycles. The second kappa shape index (κ2) is 14.9. The molecule has 2 saturated heterocycles. The SMILES string of the molecule is COC(=O)N[C@H](C(=O)N1[C@@H]2CC2C[C@H]1c1nc2ccc(-c3ccc(Oc4cccc5[nH]c([C@@H]6CC7C[C@H]7N6C(=O)[C@@H](NC(=O)OC)C(C)C)nc45)cc3)cc2[nH]1)C(C)C. The van der Waals surface area contributed by atoms with Gasteiger partial charge in [-0.2, -0.15) is 0 Å². The summed E-state index contributed by atoms with van der Waals surface area (Å²) in [6.45, 7) is 7.66. The first-order chi connectivity index (χ1) is 28.4. The summed E-state index contributed by atoms with van der Waals surface area (Å²) in [6, 6.07) is 18.2. The normalized spacial score (nSPS) is 23.9. The molecular weight excluding hydrogens is 753 g/mol. The number of fused-ring (bicyclic) bond motifs is 4. The van der Waals surface area contributed by atoms with Crippen molar-refractivity contribution in [2.45, 2.75) is 89.6 Å². The smallest absolute Gasteiger partial charge is 0.407 e. The van der Waals surface area contributed by atoms with Gasteiger partial charge in [-0.15, -0.1) is 0 Å². The molecular formula is C44H50N8O7. The predicted octanol–water partition coefficient (Wildman–Crippen LogP) is 6.98. The van der Waals surface area contributed by atoms with Crippen molar-refractivity contribution in [3.8, 4) is 22.6 Å². The third kappa shape index (κ3) is 7.10. The van der Waals surface area contributed by atoms with Gasteiger partial charge < -0.3 is 44.6 Å². The molecule has 2 saturated carbocycles. The average molecular weight is 803 g/mol. The summed E-state index contributed by atoms with van der Waals surface area (Å²) in [6.07, 6.45) is 2.30. The van der Waals surface area contributed by atoms with Crippen LogP contribution in [-0.2, 0) is 19.1 Å². The maximum absolute atomic E-state index is 13.9. The van der Waals surface area contributed by atoms with E-state index in [2.05, 4.69) is 26.7 Å². The number of likely N-dealkylation sites (tertiary alicyclic amines) is 2. The maximum Gasteiger partial charge on any atom is 0.407 e. The maximum atomic E-state index is 13.9. The Morgan fingerprint density at radius 2 is 1.22 bits per heavy atom. The number of ether oxygens (including phenoxy) is 3. The number of carbonyl (C=O) groups excluding carboxylic acids is 4. The van der Waals surface area contributed by atoms with Gasteiger partial charge in [0.15, 0.2) is 5.75 Å². The number of benzene rings is 3. The topological polar surface area (TPSA) is 184 Å². The van der Waals surface area contributed by atoms with E-state index in [1.165, 1.54) is 14.2 Å². The standard InChI is InChI=1S/C44H50N8O7/c1-21(2)36(49-43(55)57-5)41(53)51-31-17-25(31)19-33(51)39-45-28-15-12-24(16-30(28)47-39)23-10-13-27(14-11-23)59-35-9-7-8-29-38(35)48-40(46-29)34-20-26-18-32(26)52(34)42(54)37(22(3)4)50-44(56)58-6/h7-16,21-22,25-26,31-34,36-37H,17-20H2,1-6H3,(H,45,47)(H,46,48)(H,49,55)(H,50,56)/t25?,26?,31-,32-,33+,34+,36+,37+/m1/s1. The van der Waals surface area contributed by atoms with Crippen molar-refractivity contribution >= 4 is 46.1 Å². The van der Waals surface area contributed by atoms with Gasteiger partial charge in [0, 0.05) is 12.1 Å². The van der Waals surface area contributed by atoms with E-state index in [4.69, 9.17) is 24.2 Å². The van der Waals surface area contributed by atoms with Crippen LogP contribution in [0.1, 0.15) is 77.1 Å². The summed E-state index contributed by atoms with van der Waals surface area (Å²) < 4.78 is 16.0. The molecule has 4 fully saturated rings. The minimum atomic E-state index is -0.707. The number of alkyl carbamates (subject to hydrolysis) is 2. The van der Waals surface area contributed by atoms with E-state index in [9.17, 15) is 19.2 Å². The minimum absolute atomic E-state index is 0.109. The fourth-order valence-corrected chi connectivity index (χ4v) is 9.23. The van der Waals surface area contributed by atoms with Crippen LogP contribution in [0.5, 0.6) is 11.5 Å². The van der Waals surface area contributed by atoms with E-state index in [1.807, 2.05) is 92.1 Å². The van der Waals surface area contributed by atoms with Crippen LogP contribution in [0.4, 0.5) is 9.59 Å². The highest BCUT2D eigenvalue weighted by Gasteiger charge is 2.57. The van der Waals surface area contributed by atoms with Crippen molar-refractivity contribution in [1.29, 1.82) is 0 Å². The molecule has 9 rings (SSSR count). The lowest BCUT2D eigenvalue weighted by molar-refractivity contribution is -0.137. The molecule has 4 aliphatic rings. The molecule has 15 heteroatoms. The van der Waals surface area contributed by atoms with Crippen molar-refractivity contribution in [1.82, 2.24) is 40.4 Å². The molecule has 0 spiro atoms. The molecule has 4 heterocycles. The van der Waals surface area contributed by atoms with Gasteiger partial charge in [-0.1, -0.05) is 52.0 Å². The molecule has 0 bridgehead atoms. The number of methoxy groups -OCH3 is 2. The van der Waals surface area contributed by atoms with E-state index in [-0.39, 0.29) is 47.8 Å². The zero-order valence-corrected chi connectivity index (χ0v) is 34.0. The van der Waals surface area contributed by atoms with Crippen LogP contribution < -0.4 is 15.4 Å². The first-order valence-electron chi connectivity index (χ1n) is 20.5. The van der Waals surface area contributed by atoms with Gasteiger partial charge in [-0.25, -0.2) is 19.6 Å². The van der Waals surface area contributed by atoms with Gasteiger partial charge in [-0.05, 0) is 96.9 Å². The number of aromatic amines is 2. The number of piperidine rings is 2. The van der Waals surface area contributed by atoms with Crippen molar-refractivity contribution in [3.05, 3.63) is 72.3 Å². The van der Waals surface area contributed by atoms with Gasteiger partial charge >= 0.3 is 12.2 Å². The number of hydrogen-bond acceptors (Lipinski definition) is 9. The molecule has 4 amide bonds. The number of carbonyl (C=O) groups is 4. The highest BCUT2D eigenvalue weighted by atomic mass is 16.5. The molecule has 3 aromatic carbocycles. The van der Waals surface area contributed by atoms with Crippen LogP contribution >= 0.6 is 0 Å². The van der Waals surface area contributed by atoms with Crippen LogP contribution in [0.25, 0.3) is 33.2 Å². The number of nitrogens with zero attached hydrogens (tertiary/aromatic N) is 4. The Morgan fingerprint density at radius 3 is 1.78 bits per heavy atom. The number of para-hydroxylation sites is 1. The monoisotopic (exact) mass is 802 g/mol. The molecule has 5 aromatic rings. The number of rotatable bonds is 11.